The van der Waals surface area contributed by atoms with Crippen molar-refractivity contribution in [1.82, 2.24) is 5.01 Å². The lowest BCUT2D eigenvalue weighted by Crippen LogP contribution is -2.37. The van der Waals surface area contributed by atoms with Crippen LogP contribution >= 0.6 is 11.6 Å². The molecule has 0 spiro atoms. The fourth-order valence-electron chi connectivity index (χ4n) is 2.31. The lowest BCUT2D eigenvalue weighted by molar-refractivity contribution is 0.148. The zero-order valence-corrected chi connectivity index (χ0v) is 15.4. The molecule has 0 aliphatic heterocycles. The van der Waals surface area contributed by atoms with Crippen LogP contribution < -0.4 is 15.9 Å². The van der Waals surface area contributed by atoms with E-state index >= 15 is 0 Å². The van der Waals surface area contributed by atoms with Crippen molar-refractivity contribution in [2.45, 2.75) is 26.9 Å². The predicted molar refractivity (Wildman–Crippen MR) is 97.6 cm³/mol. The smallest absolute Gasteiger partial charge is 0.335 e. The Morgan fingerprint density at radius 1 is 1.31 bits per heavy atom. The van der Waals surface area contributed by atoms with E-state index in [0.29, 0.717) is 10.8 Å². The third-order valence-electron chi connectivity index (χ3n) is 3.93. The second kappa shape index (κ2) is 8.33. The van der Waals surface area contributed by atoms with Crippen molar-refractivity contribution in [3.8, 4) is 5.75 Å². The molecule has 8 heteroatoms. The van der Waals surface area contributed by atoms with Crippen LogP contribution in [0.5, 0.6) is 5.75 Å². The average molecular weight is 384 g/mol. The molecule has 0 unspecified atom stereocenters. The minimum atomic E-state index is -2.73. The van der Waals surface area contributed by atoms with E-state index in [9.17, 15) is 13.6 Å². The lowest BCUT2D eigenvalue weighted by atomic mass is 10.1. The summed E-state index contributed by atoms with van der Waals surface area (Å²) in [5.74, 6) is 5.75. The number of halogens is 3. The van der Waals surface area contributed by atoms with Crippen molar-refractivity contribution < 1.29 is 18.3 Å². The molecule has 140 valence electrons. The van der Waals surface area contributed by atoms with Crippen LogP contribution in [0.15, 0.2) is 30.3 Å². The fourth-order valence-corrected chi connectivity index (χ4v) is 2.58. The van der Waals surface area contributed by atoms with E-state index < -0.39 is 12.5 Å². The van der Waals surface area contributed by atoms with Crippen LogP contribution in [0.2, 0.25) is 5.02 Å². The number of hydrazine groups is 1. The Bertz CT molecular complexity index is 813. The molecule has 2 amide bonds. The van der Waals surface area contributed by atoms with Crippen LogP contribution in [0.4, 0.5) is 19.3 Å². The van der Waals surface area contributed by atoms with Crippen LogP contribution in [0, 0.1) is 13.8 Å². The van der Waals surface area contributed by atoms with Crippen molar-refractivity contribution in [2.24, 2.45) is 5.84 Å². The first-order valence-electron chi connectivity index (χ1n) is 7.79. The molecule has 2 aromatic carbocycles. The van der Waals surface area contributed by atoms with Gasteiger partial charge in [-0.25, -0.2) is 19.4 Å². The highest BCUT2D eigenvalue weighted by Crippen LogP contribution is 2.32. The average Bonchev–Trinajstić information content (AvgIpc) is 2.57. The number of benzene rings is 2. The number of alkyl halides is 2. The first-order valence-corrected chi connectivity index (χ1v) is 8.17. The van der Waals surface area contributed by atoms with Crippen LogP contribution in [0.3, 0.4) is 0 Å². The zero-order valence-electron chi connectivity index (χ0n) is 14.6. The van der Waals surface area contributed by atoms with Crippen LogP contribution in [0.1, 0.15) is 28.7 Å². The van der Waals surface area contributed by atoms with E-state index in [1.807, 2.05) is 13.8 Å². The summed E-state index contributed by atoms with van der Waals surface area (Å²) in [5, 5.41) is 3.70. The summed E-state index contributed by atoms with van der Waals surface area (Å²) >= 11 is 6.17. The topological polar surface area (TPSA) is 67.6 Å². The van der Waals surface area contributed by atoms with Gasteiger partial charge in [0.2, 0.25) is 0 Å². The Morgan fingerprint density at radius 2 is 1.96 bits per heavy atom. The largest absolute Gasteiger partial charge is 0.487 e. The van der Waals surface area contributed by atoms with Crippen LogP contribution in [0.25, 0.3) is 0 Å². The lowest BCUT2D eigenvalue weighted by Gasteiger charge is -2.18. The minimum Gasteiger partial charge on any atom is -0.487 e. The SMILES string of the molecule is Cc1cc(Cl)c(OCc2c(NC(=O)N(C)N)cccc2C(F)F)cc1C. The second-order valence-electron chi connectivity index (χ2n) is 5.87. The number of nitrogens with zero attached hydrogens (tertiary/aromatic N) is 1. The number of nitrogens with one attached hydrogen (secondary N) is 1. The Kier molecular flexibility index (Phi) is 6.39. The zero-order chi connectivity index (χ0) is 19.4. The van der Waals surface area contributed by atoms with E-state index in [-0.39, 0.29) is 23.4 Å². The van der Waals surface area contributed by atoms with Gasteiger partial charge in [-0.15, -0.1) is 0 Å². The van der Waals surface area contributed by atoms with Gasteiger partial charge in [0, 0.05) is 23.9 Å². The highest BCUT2D eigenvalue weighted by Gasteiger charge is 2.19. The Labute approximate surface area is 155 Å². The molecule has 3 N–H and O–H groups in total. The molecular formula is C18H20ClF2N3O2. The maximum Gasteiger partial charge on any atom is 0.335 e. The van der Waals surface area contributed by atoms with Crippen LogP contribution in [-0.4, -0.2) is 18.1 Å². The number of anilines is 1. The number of amides is 2. The first kappa shape index (κ1) is 19.9. The number of ether oxygens (including phenoxy) is 1. The summed E-state index contributed by atoms with van der Waals surface area (Å²) in [6, 6.07) is 7.08. The standard InChI is InChI=1S/C18H20ClF2N3O2/c1-10-7-14(19)16(8-11(10)2)26-9-13-12(17(20)21)5-4-6-15(13)23-18(25)24(3)22/h4-8,17H,9,22H2,1-3H3,(H,23,25). The molecule has 0 bridgehead atoms. The maximum atomic E-state index is 13.4. The highest BCUT2D eigenvalue weighted by molar-refractivity contribution is 6.32. The first-order chi connectivity index (χ1) is 12.2. The molecule has 0 saturated carbocycles. The monoisotopic (exact) mass is 383 g/mol. The number of urea groups is 1. The van der Waals surface area contributed by atoms with Gasteiger partial charge in [0.15, 0.2) is 0 Å². The van der Waals surface area contributed by atoms with Crippen molar-refractivity contribution in [3.05, 3.63) is 57.6 Å². The number of carbonyl (C=O) groups excluding carboxylic acids is 1. The molecule has 0 saturated heterocycles. The van der Waals surface area contributed by atoms with Gasteiger partial charge in [-0.05, 0) is 43.2 Å². The van der Waals surface area contributed by atoms with Gasteiger partial charge in [-0.3, -0.25) is 5.01 Å². The number of hydrogen-bond acceptors (Lipinski definition) is 3. The molecule has 0 aliphatic carbocycles. The van der Waals surface area contributed by atoms with Gasteiger partial charge in [0.25, 0.3) is 6.43 Å². The van der Waals surface area contributed by atoms with Crippen molar-refractivity contribution in [3.63, 3.8) is 0 Å². The molecule has 2 rings (SSSR count). The molecule has 26 heavy (non-hydrogen) atoms. The van der Waals surface area contributed by atoms with E-state index in [2.05, 4.69) is 5.32 Å². The van der Waals surface area contributed by atoms with Gasteiger partial charge in [0.05, 0.1) is 5.02 Å². The Balaban J connectivity index is 2.34. The molecule has 0 radical (unpaired) electrons. The molecule has 0 heterocycles. The number of nitrogens with two attached hydrogens (primary N) is 1. The van der Waals surface area contributed by atoms with Gasteiger partial charge in [-0.2, -0.15) is 0 Å². The molecular weight excluding hydrogens is 364 g/mol. The van der Waals surface area contributed by atoms with Gasteiger partial charge < -0.3 is 10.1 Å². The number of rotatable bonds is 5. The fraction of sp³-hybridized carbons (Fsp3) is 0.278. The predicted octanol–water partition coefficient (Wildman–Crippen LogP) is 4.81. The molecule has 5 nitrogen and oxygen atoms in total. The summed E-state index contributed by atoms with van der Waals surface area (Å²) in [6.07, 6.45) is -2.73. The summed E-state index contributed by atoms with van der Waals surface area (Å²) in [4.78, 5) is 11.8. The Hall–Kier alpha value is -2.38. The van der Waals surface area contributed by atoms with E-state index in [1.165, 1.54) is 25.2 Å². The van der Waals surface area contributed by atoms with Gasteiger partial charge in [0.1, 0.15) is 12.4 Å². The van der Waals surface area contributed by atoms with Crippen molar-refractivity contribution >= 4 is 23.3 Å². The number of aryl methyl sites for hydroxylation is 2. The third-order valence-corrected chi connectivity index (χ3v) is 4.22. The molecule has 0 aliphatic rings. The molecule has 0 fully saturated rings. The van der Waals surface area contributed by atoms with E-state index in [1.54, 1.807) is 12.1 Å². The number of carbonyl (C=O) groups is 1. The quantitative estimate of drug-likeness (QED) is 0.442. The summed E-state index contributed by atoms with van der Waals surface area (Å²) in [7, 11) is 1.34. The van der Waals surface area contributed by atoms with Crippen molar-refractivity contribution in [1.29, 1.82) is 0 Å². The normalized spacial score (nSPS) is 10.8. The molecule has 2 aromatic rings. The second-order valence-corrected chi connectivity index (χ2v) is 6.28. The van der Waals surface area contributed by atoms with Crippen molar-refractivity contribution in [2.75, 3.05) is 12.4 Å². The highest BCUT2D eigenvalue weighted by atomic mass is 35.5. The summed E-state index contributed by atoms with van der Waals surface area (Å²) in [6.45, 7) is 3.62. The van der Waals surface area contributed by atoms with Crippen LogP contribution in [-0.2, 0) is 6.61 Å². The Morgan fingerprint density at radius 3 is 2.58 bits per heavy atom. The summed E-state index contributed by atoms with van der Waals surface area (Å²) < 4.78 is 32.5. The molecule has 0 aromatic heterocycles. The summed E-state index contributed by atoms with van der Waals surface area (Å²) in [5.41, 5.74) is 2.08. The van der Waals surface area contributed by atoms with E-state index in [0.717, 1.165) is 16.1 Å². The van der Waals surface area contributed by atoms with Gasteiger partial charge in [-0.1, -0.05) is 23.7 Å². The maximum absolute atomic E-state index is 13.4. The van der Waals surface area contributed by atoms with Gasteiger partial charge >= 0.3 is 6.03 Å². The molecule has 0 atom stereocenters. The number of hydrogen-bond donors (Lipinski definition) is 2. The third kappa shape index (κ3) is 4.62. The minimum absolute atomic E-state index is 0.159. The van der Waals surface area contributed by atoms with E-state index in [4.69, 9.17) is 22.2 Å².